The fraction of sp³-hybridized carbons (Fsp3) is 0.706. The molecule has 11 heteroatoms. The van der Waals surface area contributed by atoms with Crippen LogP contribution in [0.5, 0.6) is 5.75 Å². The summed E-state index contributed by atoms with van der Waals surface area (Å²) in [4.78, 5) is 55.8. The van der Waals surface area contributed by atoms with Crippen LogP contribution in [-0.2, 0) is 35.1 Å². The van der Waals surface area contributed by atoms with Crippen LogP contribution in [0.4, 0.5) is 0 Å². The normalized spacial score (nSPS) is 25.1. The number of fused-ring (bicyclic) bond motifs is 4. The van der Waals surface area contributed by atoms with E-state index in [1.165, 1.54) is 4.90 Å². The van der Waals surface area contributed by atoms with E-state index in [1.807, 2.05) is 31.2 Å². The number of carbonyl (C=O) groups excluding carboxylic acids is 4. The Morgan fingerprint density at radius 1 is 1.13 bits per heavy atom. The van der Waals surface area contributed by atoms with Crippen molar-refractivity contribution in [3.05, 3.63) is 29.8 Å². The summed E-state index contributed by atoms with van der Waals surface area (Å²) in [6, 6.07) is 4.84. The first kappa shape index (κ1) is 34.7. The van der Waals surface area contributed by atoms with Crippen LogP contribution in [0.15, 0.2) is 24.3 Å². The monoisotopic (exact) mass is 629 g/mol. The highest BCUT2D eigenvalue weighted by molar-refractivity contribution is 5.93. The highest BCUT2D eigenvalue weighted by Gasteiger charge is 2.45. The van der Waals surface area contributed by atoms with Crippen LogP contribution in [0, 0.1) is 5.92 Å². The summed E-state index contributed by atoms with van der Waals surface area (Å²) in [7, 11) is 0. The lowest BCUT2D eigenvalue weighted by Gasteiger charge is -2.35. The van der Waals surface area contributed by atoms with Crippen molar-refractivity contribution < 1.29 is 38.5 Å². The summed E-state index contributed by atoms with van der Waals surface area (Å²) >= 11 is 0. The summed E-state index contributed by atoms with van der Waals surface area (Å²) in [6.07, 6.45) is 4.60. The number of carbonyl (C=O) groups is 4. The van der Waals surface area contributed by atoms with Crippen LogP contribution in [-0.4, -0.2) is 89.4 Å². The molecule has 1 saturated carbocycles. The van der Waals surface area contributed by atoms with Crippen LogP contribution in [0.25, 0.3) is 0 Å². The van der Waals surface area contributed by atoms with Crippen LogP contribution < -0.4 is 15.4 Å². The summed E-state index contributed by atoms with van der Waals surface area (Å²) in [5, 5.41) is 16.8. The Morgan fingerprint density at radius 2 is 1.89 bits per heavy atom. The van der Waals surface area contributed by atoms with Crippen LogP contribution >= 0.6 is 0 Å². The van der Waals surface area contributed by atoms with Gasteiger partial charge in [-0.05, 0) is 63.6 Å². The first-order valence-electron chi connectivity index (χ1n) is 16.6. The fourth-order valence-electron chi connectivity index (χ4n) is 6.52. The third-order valence-corrected chi connectivity index (χ3v) is 8.68. The molecule has 3 N–H and O–H groups in total. The van der Waals surface area contributed by atoms with Gasteiger partial charge in [-0.15, -0.1) is 0 Å². The first-order valence-corrected chi connectivity index (χ1v) is 16.6. The SMILES string of the molecule is CCCC(NC(=O)[C@@H]1C[C@@H]2CN1C(=O)[C@H](C1CCCCC1)NC(=O)Cc1cccc(c1)OCCCO2)C(O)C(=O)OC(C)(C)C. The van der Waals surface area contributed by atoms with Crippen molar-refractivity contribution >= 4 is 23.7 Å². The van der Waals surface area contributed by atoms with Gasteiger partial charge < -0.3 is 34.9 Å². The van der Waals surface area contributed by atoms with Gasteiger partial charge in [-0.2, -0.15) is 0 Å². The number of aliphatic hydroxyl groups is 1. The van der Waals surface area contributed by atoms with Gasteiger partial charge in [-0.3, -0.25) is 14.4 Å². The second-order valence-electron chi connectivity index (χ2n) is 13.6. The molecule has 1 aliphatic carbocycles. The van der Waals surface area contributed by atoms with Crippen molar-refractivity contribution in [3.8, 4) is 5.75 Å². The van der Waals surface area contributed by atoms with E-state index in [-0.39, 0.29) is 37.1 Å². The van der Waals surface area contributed by atoms with E-state index in [0.717, 1.165) is 37.7 Å². The summed E-state index contributed by atoms with van der Waals surface area (Å²) in [5.41, 5.74) is -0.0175. The minimum Gasteiger partial charge on any atom is -0.493 e. The molecule has 1 aromatic rings. The molecule has 2 unspecified atom stereocenters. The molecule has 0 radical (unpaired) electrons. The fourth-order valence-corrected chi connectivity index (χ4v) is 6.52. The number of aliphatic hydroxyl groups excluding tert-OH is 1. The van der Waals surface area contributed by atoms with E-state index in [2.05, 4.69) is 10.6 Å². The van der Waals surface area contributed by atoms with E-state index in [1.54, 1.807) is 20.8 Å². The quantitative estimate of drug-likeness (QED) is 0.391. The lowest BCUT2D eigenvalue weighted by molar-refractivity contribution is -0.167. The Morgan fingerprint density at radius 3 is 2.60 bits per heavy atom. The van der Waals surface area contributed by atoms with Gasteiger partial charge in [0.15, 0.2) is 6.10 Å². The summed E-state index contributed by atoms with van der Waals surface area (Å²) in [5.74, 6) is -1.22. The molecule has 5 atom stereocenters. The number of ether oxygens (including phenoxy) is 3. The molecule has 11 nitrogen and oxygen atoms in total. The van der Waals surface area contributed by atoms with Gasteiger partial charge in [0, 0.05) is 19.4 Å². The molecule has 1 aromatic carbocycles. The van der Waals surface area contributed by atoms with Crippen LogP contribution in [0.2, 0.25) is 0 Å². The van der Waals surface area contributed by atoms with Crippen molar-refractivity contribution in [2.45, 2.75) is 128 Å². The third-order valence-electron chi connectivity index (χ3n) is 8.68. The molecule has 2 aliphatic heterocycles. The topological polar surface area (TPSA) is 144 Å². The molecular formula is C34H51N3O8. The molecular weight excluding hydrogens is 578 g/mol. The van der Waals surface area contributed by atoms with E-state index in [9.17, 15) is 24.3 Å². The molecule has 45 heavy (non-hydrogen) atoms. The zero-order valence-electron chi connectivity index (χ0n) is 27.2. The number of hydrogen-bond acceptors (Lipinski definition) is 8. The van der Waals surface area contributed by atoms with Crippen LogP contribution in [0.3, 0.4) is 0 Å². The largest absolute Gasteiger partial charge is 0.493 e. The second kappa shape index (κ2) is 15.9. The Labute approximate surface area is 266 Å². The highest BCUT2D eigenvalue weighted by atomic mass is 16.6. The molecule has 3 aliphatic rings. The van der Waals surface area contributed by atoms with Gasteiger partial charge in [0.25, 0.3) is 0 Å². The predicted molar refractivity (Wildman–Crippen MR) is 167 cm³/mol. The van der Waals surface area contributed by atoms with E-state index in [0.29, 0.717) is 38.2 Å². The Balaban J connectivity index is 1.58. The number of nitrogens with zero attached hydrogens (tertiary/aromatic N) is 1. The second-order valence-corrected chi connectivity index (χ2v) is 13.6. The number of hydrogen-bond donors (Lipinski definition) is 3. The van der Waals surface area contributed by atoms with Crippen molar-refractivity contribution in [2.24, 2.45) is 5.92 Å². The van der Waals surface area contributed by atoms with Gasteiger partial charge >= 0.3 is 5.97 Å². The molecule has 0 aromatic heterocycles. The minimum atomic E-state index is -1.56. The number of amides is 3. The van der Waals surface area contributed by atoms with E-state index < -0.39 is 47.8 Å². The summed E-state index contributed by atoms with van der Waals surface area (Å²) in [6.45, 7) is 8.03. The van der Waals surface area contributed by atoms with Gasteiger partial charge in [-0.1, -0.05) is 44.7 Å². The van der Waals surface area contributed by atoms with Crippen molar-refractivity contribution in [1.82, 2.24) is 15.5 Å². The highest BCUT2D eigenvalue weighted by Crippen LogP contribution is 2.30. The van der Waals surface area contributed by atoms with Crippen molar-refractivity contribution in [1.29, 1.82) is 0 Å². The minimum absolute atomic E-state index is 0.0470. The Hall–Kier alpha value is -3.18. The third kappa shape index (κ3) is 9.90. The van der Waals surface area contributed by atoms with Gasteiger partial charge in [0.1, 0.15) is 23.4 Å². The van der Waals surface area contributed by atoms with Gasteiger partial charge in [0.2, 0.25) is 17.7 Å². The number of benzene rings is 1. The smallest absolute Gasteiger partial charge is 0.337 e. The van der Waals surface area contributed by atoms with Gasteiger partial charge in [-0.25, -0.2) is 4.79 Å². The zero-order valence-corrected chi connectivity index (χ0v) is 27.2. The molecule has 4 rings (SSSR count). The molecule has 250 valence electrons. The maximum atomic E-state index is 14.4. The van der Waals surface area contributed by atoms with Crippen molar-refractivity contribution in [3.63, 3.8) is 0 Å². The molecule has 2 fully saturated rings. The predicted octanol–water partition coefficient (Wildman–Crippen LogP) is 3.05. The lowest BCUT2D eigenvalue weighted by atomic mass is 9.83. The van der Waals surface area contributed by atoms with Crippen molar-refractivity contribution in [2.75, 3.05) is 19.8 Å². The molecule has 1 saturated heterocycles. The lowest BCUT2D eigenvalue weighted by Crippen LogP contribution is -2.58. The molecule has 3 amide bonds. The molecule has 4 bridgehead atoms. The number of nitrogens with one attached hydrogen (secondary N) is 2. The number of esters is 1. The summed E-state index contributed by atoms with van der Waals surface area (Å²) < 4.78 is 17.4. The van der Waals surface area contributed by atoms with E-state index >= 15 is 0 Å². The maximum absolute atomic E-state index is 14.4. The average Bonchev–Trinajstić information content (AvgIpc) is 3.42. The van der Waals surface area contributed by atoms with Gasteiger partial charge in [0.05, 0.1) is 31.8 Å². The zero-order chi connectivity index (χ0) is 32.6. The number of rotatable bonds is 7. The Kier molecular flexibility index (Phi) is 12.2. The maximum Gasteiger partial charge on any atom is 0.337 e. The Bertz CT molecular complexity index is 1180. The standard InChI is InChI=1S/C34H51N3O8/c1-5-11-26(30(39)33(42)45-34(2,3)4)35-31(40)27-20-25-21-37(27)32(41)29(23-13-7-6-8-14-23)36-28(38)19-22-12-9-15-24(18-22)43-16-10-17-44-25/h9,12,15,18,23,25-27,29-30,39H,5-8,10-11,13-14,16-17,19-21H2,1-4H3,(H,35,40)(H,36,38)/t25-,26?,27+,29+,30?/m1/s1. The van der Waals surface area contributed by atoms with E-state index in [4.69, 9.17) is 14.2 Å². The molecule has 2 heterocycles. The first-order chi connectivity index (χ1) is 21.4. The average molecular weight is 630 g/mol. The van der Waals surface area contributed by atoms with Crippen LogP contribution in [0.1, 0.15) is 91.0 Å². The molecule has 0 spiro atoms.